The summed E-state index contributed by atoms with van der Waals surface area (Å²) in [6.45, 7) is 1.64. The van der Waals surface area contributed by atoms with Crippen LogP contribution in [0.25, 0.3) is 10.9 Å². The Morgan fingerprint density at radius 3 is 2.59 bits per heavy atom. The molecule has 0 bridgehead atoms. The van der Waals surface area contributed by atoms with Crippen LogP contribution in [-0.2, 0) is 10.0 Å². The van der Waals surface area contributed by atoms with E-state index >= 15 is 0 Å². The highest BCUT2D eigenvalue weighted by molar-refractivity contribution is 7.92. The third kappa shape index (κ3) is 4.41. The zero-order valence-corrected chi connectivity index (χ0v) is 19.0. The van der Waals surface area contributed by atoms with Gasteiger partial charge in [0.25, 0.3) is 21.6 Å². The van der Waals surface area contributed by atoms with Crippen molar-refractivity contribution in [2.75, 3.05) is 17.1 Å². The second-order valence-corrected chi connectivity index (χ2v) is 9.08. The number of para-hydroxylation sites is 2. The second kappa shape index (κ2) is 8.87. The number of amides is 1. The van der Waals surface area contributed by atoms with Crippen molar-refractivity contribution in [2.45, 2.75) is 11.8 Å². The molecular formula is C23H20N4O6S. The Morgan fingerprint density at radius 1 is 1.09 bits per heavy atom. The van der Waals surface area contributed by atoms with E-state index in [4.69, 9.17) is 4.74 Å². The summed E-state index contributed by atoms with van der Waals surface area (Å²) in [5.74, 6) is -0.182. The summed E-state index contributed by atoms with van der Waals surface area (Å²) in [5.41, 5.74) is 1.60. The summed E-state index contributed by atoms with van der Waals surface area (Å²) >= 11 is 0. The highest BCUT2D eigenvalue weighted by Crippen LogP contribution is 2.29. The van der Waals surface area contributed by atoms with Crippen LogP contribution >= 0.6 is 0 Å². The second-order valence-electron chi connectivity index (χ2n) is 7.43. The molecule has 11 heteroatoms. The Kier molecular flexibility index (Phi) is 5.95. The minimum absolute atomic E-state index is 0.0224. The molecule has 174 valence electrons. The van der Waals surface area contributed by atoms with Crippen molar-refractivity contribution in [3.05, 3.63) is 88.1 Å². The molecule has 1 heterocycles. The molecule has 3 aromatic carbocycles. The van der Waals surface area contributed by atoms with E-state index in [2.05, 4.69) is 15.0 Å². The van der Waals surface area contributed by atoms with Gasteiger partial charge in [0.1, 0.15) is 5.75 Å². The van der Waals surface area contributed by atoms with E-state index in [-0.39, 0.29) is 27.5 Å². The molecule has 0 unspecified atom stereocenters. The smallest absolute Gasteiger partial charge is 0.270 e. The maximum absolute atomic E-state index is 13.1. The summed E-state index contributed by atoms with van der Waals surface area (Å²) in [4.78, 5) is 26.3. The number of nitro benzene ring substituents is 1. The number of sulfonamides is 1. The van der Waals surface area contributed by atoms with E-state index in [1.165, 1.54) is 37.6 Å². The number of aromatic nitrogens is 1. The number of nitrogens with zero attached hydrogens (tertiary/aromatic N) is 1. The lowest BCUT2D eigenvalue weighted by Gasteiger charge is -2.14. The van der Waals surface area contributed by atoms with Crippen molar-refractivity contribution in [2.24, 2.45) is 0 Å². The van der Waals surface area contributed by atoms with Gasteiger partial charge in [-0.05, 0) is 42.8 Å². The molecule has 0 radical (unpaired) electrons. The zero-order chi connectivity index (χ0) is 24.5. The maximum Gasteiger partial charge on any atom is 0.270 e. The zero-order valence-electron chi connectivity index (χ0n) is 18.2. The largest absolute Gasteiger partial charge is 0.495 e. The SMILES string of the molecule is COc1ccccc1NS(=O)(=O)c1cc(NC(=O)c2c[nH]c3ccc([N+](=O)[O-])cc23)ccc1C. The van der Waals surface area contributed by atoms with Crippen molar-refractivity contribution in [3.8, 4) is 5.75 Å². The van der Waals surface area contributed by atoms with Gasteiger partial charge in [0.2, 0.25) is 0 Å². The van der Waals surface area contributed by atoms with Crippen LogP contribution in [0.1, 0.15) is 15.9 Å². The van der Waals surface area contributed by atoms with Crippen molar-refractivity contribution in [1.29, 1.82) is 0 Å². The molecule has 3 N–H and O–H groups in total. The molecule has 0 saturated carbocycles. The summed E-state index contributed by atoms with van der Waals surface area (Å²) in [6, 6.07) is 15.3. The first-order chi connectivity index (χ1) is 16.2. The molecule has 0 aliphatic heterocycles. The van der Waals surface area contributed by atoms with Gasteiger partial charge in [-0.1, -0.05) is 18.2 Å². The van der Waals surface area contributed by atoms with Gasteiger partial charge < -0.3 is 15.0 Å². The number of anilines is 2. The fraction of sp³-hybridized carbons (Fsp3) is 0.0870. The highest BCUT2D eigenvalue weighted by Gasteiger charge is 2.21. The average Bonchev–Trinajstić information content (AvgIpc) is 3.23. The molecule has 0 spiro atoms. The first kappa shape index (κ1) is 22.8. The van der Waals surface area contributed by atoms with Gasteiger partial charge in [0.15, 0.2) is 0 Å². The predicted molar refractivity (Wildman–Crippen MR) is 128 cm³/mol. The third-order valence-corrected chi connectivity index (χ3v) is 6.72. The summed E-state index contributed by atoms with van der Waals surface area (Å²) in [6.07, 6.45) is 1.44. The first-order valence-corrected chi connectivity index (χ1v) is 11.5. The molecular weight excluding hydrogens is 460 g/mol. The van der Waals surface area contributed by atoms with E-state index in [1.807, 2.05) is 0 Å². The fourth-order valence-corrected chi connectivity index (χ4v) is 4.85. The molecule has 0 saturated heterocycles. The van der Waals surface area contributed by atoms with Crippen LogP contribution in [0.15, 0.2) is 71.8 Å². The lowest BCUT2D eigenvalue weighted by molar-refractivity contribution is -0.384. The minimum atomic E-state index is -4.00. The molecule has 1 aromatic heterocycles. The van der Waals surface area contributed by atoms with E-state index in [9.17, 15) is 23.3 Å². The number of H-pyrrole nitrogens is 1. The Morgan fingerprint density at radius 2 is 1.85 bits per heavy atom. The van der Waals surface area contributed by atoms with Gasteiger partial charge in [-0.25, -0.2) is 8.42 Å². The van der Waals surface area contributed by atoms with Crippen LogP contribution in [0.3, 0.4) is 0 Å². The molecule has 10 nitrogen and oxygen atoms in total. The Labute approximate surface area is 194 Å². The van der Waals surface area contributed by atoms with Crippen LogP contribution in [0.5, 0.6) is 5.75 Å². The highest BCUT2D eigenvalue weighted by atomic mass is 32.2. The molecule has 4 aromatic rings. The predicted octanol–water partition coefficient (Wildman–Crippen LogP) is 4.45. The Bertz CT molecular complexity index is 1530. The summed E-state index contributed by atoms with van der Waals surface area (Å²) < 4.78 is 33.9. The number of nitro groups is 1. The summed E-state index contributed by atoms with van der Waals surface area (Å²) in [5, 5.41) is 14.1. The monoisotopic (exact) mass is 480 g/mol. The van der Waals surface area contributed by atoms with Gasteiger partial charge >= 0.3 is 0 Å². The number of fused-ring (bicyclic) bond motifs is 1. The van der Waals surface area contributed by atoms with Gasteiger partial charge in [0, 0.05) is 34.9 Å². The van der Waals surface area contributed by atoms with E-state index in [0.717, 1.165) is 0 Å². The topological polar surface area (TPSA) is 143 Å². The molecule has 0 aliphatic rings. The molecule has 0 atom stereocenters. The van der Waals surface area contributed by atoms with E-state index < -0.39 is 20.9 Å². The number of rotatable bonds is 7. The van der Waals surface area contributed by atoms with Crippen molar-refractivity contribution < 1.29 is 22.9 Å². The van der Waals surface area contributed by atoms with Crippen LogP contribution in [0.2, 0.25) is 0 Å². The van der Waals surface area contributed by atoms with Gasteiger partial charge in [-0.3, -0.25) is 19.6 Å². The van der Waals surface area contributed by atoms with E-state index in [0.29, 0.717) is 22.2 Å². The van der Waals surface area contributed by atoms with Crippen LogP contribution in [-0.4, -0.2) is 31.3 Å². The van der Waals surface area contributed by atoms with Crippen LogP contribution in [0.4, 0.5) is 17.1 Å². The van der Waals surface area contributed by atoms with Gasteiger partial charge in [-0.2, -0.15) is 0 Å². The number of hydrogen-bond acceptors (Lipinski definition) is 6. The number of aryl methyl sites for hydroxylation is 1. The van der Waals surface area contributed by atoms with Crippen LogP contribution < -0.4 is 14.8 Å². The minimum Gasteiger partial charge on any atom is -0.495 e. The molecule has 1 amide bonds. The normalized spacial score (nSPS) is 11.2. The average molecular weight is 481 g/mol. The Balaban J connectivity index is 1.64. The van der Waals surface area contributed by atoms with E-state index in [1.54, 1.807) is 43.3 Å². The first-order valence-electron chi connectivity index (χ1n) is 10.0. The molecule has 4 rings (SSSR count). The van der Waals surface area contributed by atoms with Crippen LogP contribution in [0, 0.1) is 17.0 Å². The number of methoxy groups -OCH3 is 1. The molecule has 0 aliphatic carbocycles. The van der Waals surface area contributed by atoms with Crippen molar-refractivity contribution in [1.82, 2.24) is 4.98 Å². The molecule has 34 heavy (non-hydrogen) atoms. The number of nitrogens with one attached hydrogen (secondary N) is 3. The number of carbonyl (C=O) groups is 1. The van der Waals surface area contributed by atoms with Gasteiger partial charge in [-0.15, -0.1) is 0 Å². The Hall–Kier alpha value is -4.38. The standard InChI is InChI=1S/C23H20N4O6S/c1-14-7-8-15(11-22(14)34(31,32)26-20-5-3-4-6-21(20)33-2)25-23(28)18-13-24-19-10-9-16(27(29)30)12-17(18)19/h3-13,24,26H,1-2H3,(H,25,28). The number of hydrogen-bond donors (Lipinski definition) is 3. The third-order valence-electron chi connectivity index (χ3n) is 5.21. The number of non-ortho nitro benzene ring substituents is 1. The number of carbonyl (C=O) groups excluding carboxylic acids is 1. The number of benzene rings is 3. The van der Waals surface area contributed by atoms with Gasteiger partial charge in [0.05, 0.1) is 28.2 Å². The fourth-order valence-electron chi connectivity index (χ4n) is 3.50. The lowest BCUT2D eigenvalue weighted by atomic mass is 10.1. The quantitative estimate of drug-likeness (QED) is 0.263. The summed E-state index contributed by atoms with van der Waals surface area (Å²) in [7, 11) is -2.56. The van der Waals surface area contributed by atoms with Crippen molar-refractivity contribution in [3.63, 3.8) is 0 Å². The molecule has 0 fully saturated rings. The number of aromatic amines is 1. The number of ether oxygens (including phenoxy) is 1. The maximum atomic E-state index is 13.1. The lowest BCUT2D eigenvalue weighted by Crippen LogP contribution is -2.16. The van der Waals surface area contributed by atoms with Crippen molar-refractivity contribution >= 4 is 43.9 Å².